The Labute approximate surface area is 109 Å². The predicted octanol–water partition coefficient (Wildman–Crippen LogP) is 1.43. The van der Waals surface area contributed by atoms with Gasteiger partial charge in [0.1, 0.15) is 12.4 Å². The first-order chi connectivity index (χ1) is 8.54. The Morgan fingerprint density at radius 1 is 1.50 bits per heavy atom. The van der Waals surface area contributed by atoms with E-state index in [1.54, 1.807) is 18.9 Å². The topological polar surface area (TPSA) is 55.6 Å². The van der Waals surface area contributed by atoms with Crippen molar-refractivity contribution >= 4 is 5.91 Å². The highest BCUT2D eigenvalue weighted by atomic mass is 16.5. The van der Waals surface area contributed by atoms with Crippen LogP contribution in [-0.2, 0) is 11.2 Å². The van der Waals surface area contributed by atoms with Gasteiger partial charge in [-0.05, 0) is 31.0 Å². The summed E-state index contributed by atoms with van der Waals surface area (Å²) >= 11 is 0. The Morgan fingerprint density at radius 3 is 2.83 bits per heavy atom. The number of aryl methyl sites for hydroxylation is 1. The molecule has 0 bridgehead atoms. The van der Waals surface area contributed by atoms with E-state index in [2.05, 4.69) is 13.0 Å². The maximum absolute atomic E-state index is 11.5. The second kappa shape index (κ2) is 7.01. The molecule has 1 aromatic carbocycles. The van der Waals surface area contributed by atoms with Gasteiger partial charge in [0.2, 0.25) is 5.91 Å². The third kappa shape index (κ3) is 4.37. The molecule has 1 amide bonds. The SMILES string of the molecule is CCc1cccc(OCCN(C)C(=O)C(C)N)c1. The molecule has 0 aliphatic carbocycles. The minimum Gasteiger partial charge on any atom is -0.492 e. The Balaban J connectivity index is 2.39. The molecular formula is C14H22N2O2. The fourth-order valence-electron chi connectivity index (χ4n) is 1.61. The second-order valence-corrected chi connectivity index (χ2v) is 4.40. The van der Waals surface area contributed by atoms with Gasteiger partial charge in [-0.2, -0.15) is 0 Å². The van der Waals surface area contributed by atoms with E-state index in [9.17, 15) is 4.79 Å². The number of carbonyl (C=O) groups is 1. The standard InChI is InChI=1S/C14H22N2O2/c1-4-12-6-5-7-13(10-12)18-9-8-16(3)14(17)11(2)15/h5-7,10-11H,4,8-9,15H2,1-3H3. The highest BCUT2D eigenvalue weighted by molar-refractivity contribution is 5.80. The van der Waals surface area contributed by atoms with Gasteiger partial charge in [-0.3, -0.25) is 4.79 Å². The van der Waals surface area contributed by atoms with Gasteiger partial charge in [-0.25, -0.2) is 0 Å². The van der Waals surface area contributed by atoms with Crippen LogP contribution in [0.4, 0.5) is 0 Å². The molecule has 1 aromatic rings. The molecule has 0 aliphatic rings. The zero-order valence-electron chi connectivity index (χ0n) is 11.3. The van der Waals surface area contributed by atoms with E-state index in [0.717, 1.165) is 12.2 Å². The number of amides is 1. The maximum atomic E-state index is 11.5. The molecule has 1 rings (SSSR count). The smallest absolute Gasteiger partial charge is 0.239 e. The molecule has 4 heteroatoms. The predicted molar refractivity (Wildman–Crippen MR) is 72.6 cm³/mol. The van der Waals surface area contributed by atoms with Crippen molar-refractivity contribution in [2.75, 3.05) is 20.2 Å². The van der Waals surface area contributed by atoms with E-state index in [0.29, 0.717) is 13.2 Å². The number of hydrogen-bond donors (Lipinski definition) is 1. The molecule has 0 fully saturated rings. The largest absolute Gasteiger partial charge is 0.492 e. The van der Waals surface area contributed by atoms with Gasteiger partial charge in [-0.15, -0.1) is 0 Å². The van der Waals surface area contributed by atoms with Gasteiger partial charge in [0.05, 0.1) is 12.6 Å². The van der Waals surface area contributed by atoms with Crippen molar-refractivity contribution in [2.24, 2.45) is 5.73 Å². The highest BCUT2D eigenvalue weighted by Gasteiger charge is 2.12. The monoisotopic (exact) mass is 250 g/mol. The number of rotatable bonds is 6. The van der Waals surface area contributed by atoms with Gasteiger partial charge in [0.25, 0.3) is 0 Å². The van der Waals surface area contributed by atoms with Crippen LogP contribution in [-0.4, -0.2) is 37.0 Å². The van der Waals surface area contributed by atoms with Crippen LogP contribution in [0.2, 0.25) is 0 Å². The quantitative estimate of drug-likeness (QED) is 0.831. The van der Waals surface area contributed by atoms with Crippen molar-refractivity contribution in [3.05, 3.63) is 29.8 Å². The van der Waals surface area contributed by atoms with Gasteiger partial charge in [-0.1, -0.05) is 19.1 Å². The summed E-state index contributed by atoms with van der Waals surface area (Å²) in [6.45, 7) is 4.80. The van der Waals surface area contributed by atoms with Crippen molar-refractivity contribution in [1.82, 2.24) is 4.90 Å². The van der Waals surface area contributed by atoms with Gasteiger partial charge in [0.15, 0.2) is 0 Å². The molecular weight excluding hydrogens is 228 g/mol. The van der Waals surface area contributed by atoms with E-state index in [-0.39, 0.29) is 5.91 Å². The molecule has 0 aliphatic heterocycles. The fraction of sp³-hybridized carbons (Fsp3) is 0.500. The summed E-state index contributed by atoms with van der Waals surface area (Å²) in [6, 6.07) is 7.53. The van der Waals surface area contributed by atoms with Crippen LogP contribution >= 0.6 is 0 Å². The first-order valence-electron chi connectivity index (χ1n) is 6.27. The Bertz CT molecular complexity index is 391. The molecule has 0 spiro atoms. The van der Waals surface area contributed by atoms with Crippen molar-refractivity contribution in [1.29, 1.82) is 0 Å². The first kappa shape index (κ1) is 14.5. The van der Waals surface area contributed by atoms with Gasteiger partial charge < -0.3 is 15.4 Å². The minimum absolute atomic E-state index is 0.0686. The maximum Gasteiger partial charge on any atom is 0.239 e. The molecule has 1 atom stereocenters. The molecule has 0 saturated heterocycles. The summed E-state index contributed by atoms with van der Waals surface area (Å²) in [5, 5.41) is 0. The van der Waals surface area contributed by atoms with Gasteiger partial charge in [0, 0.05) is 7.05 Å². The minimum atomic E-state index is -0.460. The molecule has 0 aromatic heterocycles. The van der Waals surface area contributed by atoms with E-state index in [1.807, 2.05) is 18.2 Å². The zero-order valence-corrected chi connectivity index (χ0v) is 11.3. The number of ether oxygens (including phenoxy) is 1. The van der Waals surface area contributed by atoms with Crippen molar-refractivity contribution < 1.29 is 9.53 Å². The highest BCUT2D eigenvalue weighted by Crippen LogP contribution is 2.13. The van der Waals surface area contributed by atoms with Crippen LogP contribution in [0, 0.1) is 0 Å². The first-order valence-corrected chi connectivity index (χ1v) is 6.27. The zero-order chi connectivity index (χ0) is 13.5. The van der Waals surface area contributed by atoms with E-state index in [4.69, 9.17) is 10.5 Å². The van der Waals surface area contributed by atoms with Crippen molar-refractivity contribution in [3.8, 4) is 5.75 Å². The van der Waals surface area contributed by atoms with E-state index >= 15 is 0 Å². The average Bonchev–Trinajstić information content (AvgIpc) is 2.37. The summed E-state index contributed by atoms with van der Waals surface area (Å²) < 4.78 is 5.61. The summed E-state index contributed by atoms with van der Waals surface area (Å²) in [5.41, 5.74) is 6.77. The Hall–Kier alpha value is -1.55. The number of likely N-dealkylation sites (N-methyl/N-ethyl adjacent to an activating group) is 1. The van der Waals surface area contributed by atoms with Crippen LogP contribution in [0.15, 0.2) is 24.3 Å². The number of nitrogens with zero attached hydrogens (tertiary/aromatic N) is 1. The third-order valence-corrected chi connectivity index (χ3v) is 2.77. The Kier molecular flexibility index (Phi) is 5.65. The lowest BCUT2D eigenvalue weighted by Crippen LogP contribution is -2.41. The van der Waals surface area contributed by atoms with E-state index < -0.39 is 6.04 Å². The van der Waals surface area contributed by atoms with Crippen LogP contribution < -0.4 is 10.5 Å². The van der Waals surface area contributed by atoms with Crippen molar-refractivity contribution in [3.63, 3.8) is 0 Å². The molecule has 0 heterocycles. The molecule has 100 valence electrons. The second-order valence-electron chi connectivity index (χ2n) is 4.40. The molecule has 1 unspecified atom stereocenters. The van der Waals surface area contributed by atoms with Crippen LogP contribution in [0.3, 0.4) is 0 Å². The normalized spacial score (nSPS) is 12.0. The van der Waals surface area contributed by atoms with Crippen LogP contribution in [0.1, 0.15) is 19.4 Å². The number of carbonyl (C=O) groups excluding carboxylic acids is 1. The summed E-state index contributed by atoms with van der Waals surface area (Å²) in [4.78, 5) is 13.1. The number of hydrogen-bond acceptors (Lipinski definition) is 3. The molecule has 4 nitrogen and oxygen atoms in total. The molecule has 0 radical (unpaired) electrons. The molecule has 2 N–H and O–H groups in total. The van der Waals surface area contributed by atoms with Crippen LogP contribution in [0.5, 0.6) is 5.75 Å². The lowest BCUT2D eigenvalue weighted by molar-refractivity contribution is -0.131. The lowest BCUT2D eigenvalue weighted by Gasteiger charge is -2.19. The molecule has 18 heavy (non-hydrogen) atoms. The third-order valence-electron chi connectivity index (χ3n) is 2.77. The summed E-state index contributed by atoms with van der Waals surface area (Å²) in [6.07, 6.45) is 0.986. The van der Waals surface area contributed by atoms with Crippen molar-refractivity contribution in [2.45, 2.75) is 26.3 Å². The number of benzene rings is 1. The average molecular weight is 250 g/mol. The fourth-order valence-corrected chi connectivity index (χ4v) is 1.61. The van der Waals surface area contributed by atoms with Crippen LogP contribution in [0.25, 0.3) is 0 Å². The number of nitrogens with two attached hydrogens (primary N) is 1. The lowest BCUT2D eigenvalue weighted by atomic mass is 10.2. The molecule has 0 saturated carbocycles. The Morgan fingerprint density at radius 2 is 2.22 bits per heavy atom. The summed E-state index contributed by atoms with van der Waals surface area (Å²) in [7, 11) is 1.73. The van der Waals surface area contributed by atoms with Gasteiger partial charge >= 0.3 is 0 Å². The van der Waals surface area contributed by atoms with E-state index in [1.165, 1.54) is 5.56 Å². The summed E-state index contributed by atoms with van der Waals surface area (Å²) in [5.74, 6) is 0.775.